The summed E-state index contributed by atoms with van der Waals surface area (Å²) in [5.74, 6) is 0.483. The molecule has 0 atom stereocenters. The summed E-state index contributed by atoms with van der Waals surface area (Å²) in [6.07, 6.45) is 0. The number of aromatic nitrogens is 1. The van der Waals surface area contributed by atoms with E-state index in [0.717, 1.165) is 5.56 Å². The van der Waals surface area contributed by atoms with Crippen LogP contribution in [0.4, 0.5) is 0 Å². The molecule has 1 aromatic heterocycles. The quantitative estimate of drug-likeness (QED) is 0.466. The van der Waals surface area contributed by atoms with Crippen LogP contribution in [0.25, 0.3) is 11.3 Å². The summed E-state index contributed by atoms with van der Waals surface area (Å²) in [7, 11) is 0. The predicted octanol–water partition coefficient (Wildman–Crippen LogP) is 7.03. The van der Waals surface area contributed by atoms with Crippen molar-refractivity contribution in [3.8, 4) is 29.0 Å². The molecule has 0 saturated carbocycles. The minimum Gasteiger partial charge on any atom is -0.436 e. The lowest BCUT2D eigenvalue weighted by Crippen LogP contribution is -1.95. The number of ether oxygens (including phenoxy) is 1. The lowest BCUT2D eigenvalue weighted by molar-refractivity contribution is 0.462. The normalized spacial score (nSPS) is 10.4. The van der Waals surface area contributed by atoms with E-state index >= 15 is 0 Å². The SMILES string of the molecule is N#Cc1ccc(-c2ccc(Cl)c(Cl)c2)nc1Oc1ccc(Cl)cc1Cl. The fourth-order valence-corrected chi connectivity index (χ4v) is 2.83. The standard InChI is InChI=1S/C18H8Cl4N2O/c19-12-3-6-17(15(22)8-12)25-18-11(9-23)2-5-16(24-18)10-1-4-13(20)14(21)7-10/h1-8H. The first-order valence-electron chi connectivity index (χ1n) is 6.97. The van der Waals surface area contributed by atoms with Gasteiger partial charge in [0.15, 0.2) is 0 Å². The van der Waals surface area contributed by atoms with Crippen LogP contribution in [0.15, 0.2) is 48.5 Å². The van der Waals surface area contributed by atoms with Crippen LogP contribution in [-0.4, -0.2) is 4.98 Å². The first-order valence-corrected chi connectivity index (χ1v) is 8.48. The van der Waals surface area contributed by atoms with E-state index in [1.807, 2.05) is 6.07 Å². The molecule has 0 spiro atoms. The molecule has 3 rings (SSSR count). The van der Waals surface area contributed by atoms with Gasteiger partial charge in [-0.25, -0.2) is 4.98 Å². The van der Waals surface area contributed by atoms with E-state index in [4.69, 9.17) is 51.1 Å². The first kappa shape index (κ1) is 17.8. The van der Waals surface area contributed by atoms with Gasteiger partial charge in [0.25, 0.3) is 0 Å². The number of nitrogens with zero attached hydrogens (tertiary/aromatic N) is 2. The molecular formula is C18H8Cl4N2O. The average molecular weight is 410 g/mol. The van der Waals surface area contributed by atoms with E-state index in [9.17, 15) is 5.26 Å². The maximum atomic E-state index is 9.29. The smallest absolute Gasteiger partial charge is 0.237 e. The Balaban J connectivity index is 2.03. The Bertz CT molecular complexity index is 999. The molecule has 124 valence electrons. The van der Waals surface area contributed by atoms with E-state index in [-0.39, 0.29) is 11.4 Å². The van der Waals surface area contributed by atoms with Gasteiger partial charge in [-0.15, -0.1) is 0 Å². The van der Waals surface area contributed by atoms with Crippen molar-refractivity contribution in [1.82, 2.24) is 4.98 Å². The van der Waals surface area contributed by atoms with Crippen LogP contribution in [0, 0.1) is 11.3 Å². The lowest BCUT2D eigenvalue weighted by Gasteiger charge is -2.10. The van der Waals surface area contributed by atoms with Crippen molar-refractivity contribution in [1.29, 1.82) is 5.26 Å². The molecule has 3 aromatic rings. The van der Waals surface area contributed by atoms with Crippen LogP contribution in [-0.2, 0) is 0 Å². The monoisotopic (exact) mass is 408 g/mol. The number of hydrogen-bond acceptors (Lipinski definition) is 3. The van der Waals surface area contributed by atoms with Gasteiger partial charge in [-0.05, 0) is 42.5 Å². The molecule has 0 saturated heterocycles. The highest BCUT2D eigenvalue weighted by atomic mass is 35.5. The van der Waals surface area contributed by atoms with Crippen LogP contribution in [0.5, 0.6) is 11.6 Å². The van der Waals surface area contributed by atoms with Gasteiger partial charge in [0.1, 0.15) is 17.4 Å². The zero-order valence-corrected chi connectivity index (χ0v) is 15.5. The first-order chi connectivity index (χ1) is 12.0. The molecule has 0 radical (unpaired) electrons. The van der Waals surface area contributed by atoms with Gasteiger partial charge in [0.2, 0.25) is 5.88 Å². The Morgan fingerprint density at radius 2 is 1.64 bits per heavy atom. The molecule has 0 amide bonds. The van der Waals surface area contributed by atoms with Crippen LogP contribution >= 0.6 is 46.4 Å². The fraction of sp³-hybridized carbons (Fsp3) is 0. The predicted molar refractivity (Wildman–Crippen MR) is 101 cm³/mol. The number of benzene rings is 2. The minimum atomic E-state index is 0.135. The lowest BCUT2D eigenvalue weighted by atomic mass is 10.1. The highest BCUT2D eigenvalue weighted by molar-refractivity contribution is 6.42. The van der Waals surface area contributed by atoms with Crippen LogP contribution in [0.2, 0.25) is 20.1 Å². The number of pyridine rings is 1. The molecule has 0 N–H and O–H groups in total. The van der Waals surface area contributed by atoms with Gasteiger partial charge >= 0.3 is 0 Å². The number of nitriles is 1. The zero-order valence-electron chi connectivity index (χ0n) is 12.4. The Morgan fingerprint density at radius 1 is 0.840 bits per heavy atom. The van der Waals surface area contributed by atoms with Crippen LogP contribution < -0.4 is 4.74 Å². The molecule has 7 heteroatoms. The van der Waals surface area contributed by atoms with Crippen molar-refractivity contribution < 1.29 is 4.74 Å². The Hall–Kier alpha value is -1.96. The second-order valence-corrected chi connectivity index (χ2v) is 6.62. The molecule has 0 bridgehead atoms. The largest absolute Gasteiger partial charge is 0.436 e. The third kappa shape index (κ3) is 4.00. The molecule has 0 unspecified atom stereocenters. The second-order valence-electron chi connectivity index (χ2n) is 4.97. The summed E-state index contributed by atoms with van der Waals surface area (Å²) < 4.78 is 5.72. The molecule has 0 aliphatic heterocycles. The molecule has 0 fully saturated rings. The van der Waals surface area contributed by atoms with E-state index in [0.29, 0.717) is 31.5 Å². The zero-order chi connectivity index (χ0) is 18.0. The molecule has 2 aromatic carbocycles. The van der Waals surface area contributed by atoms with Crippen molar-refractivity contribution in [2.24, 2.45) is 0 Å². The summed E-state index contributed by atoms with van der Waals surface area (Å²) in [5, 5.41) is 10.9. The number of rotatable bonds is 3. The van der Waals surface area contributed by atoms with Crippen molar-refractivity contribution in [2.75, 3.05) is 0 Å². The Morgan fingerprint density at radius 3 is 2.32 bits per heavy atom. The molecule has 1 heterocycles. The van der Waals surface area contributed by atoms with Crippen molar-refractivity contribution >= 4 is 46.4 Å². The maximum absolute atomic E-state index is 9.29. The van der Waals surface area contributed by atoms with Gasteiger partial charge in [0.05, 0.1) is 20.8 Å². The fourth-order valence-electron chi connectivity index (χ4n) is 2.08. The second kappa shape index (κ2) is 7.51. The molecule has 0 aliphatic rings. The molecule has 3 nitrogen and oxygen atoms in total. The van der Waals surface area contributed by atoms with Gasteiger partial charge in [-0.2, -0.15) is 5.26 Å². The third-order valence-electron chi connectivity index (χ3n) is 3.30. The summed E-state index contributed by atoms with van der Waals surface area (Å²) in [5.41, 5.74) is 1.60. The van der Waals surface area contributed by atoms with Crippen molar-refractivity contribution in [3.05, 3.63) is 74.2 Å². The van der Waals surface area contributed by atoms with E-state index in [1.54, 1.807) is 48.5 Å². The van der Waals surface area contributed by atoms with Gasteiger partial charge in [0, 0.05) is 10.6 Å². The Labute approximate surface area is 164 Å². The van der Waals surface area contributed by atoms with Gasteiger partial charge in [-0.3, -0.25) is 0 Å². The summed E-state index contributed by atoms with van der Waals surface area (Å²) in [6.45, 7) is 0. The summed E-state index contributed by atoms with van der Waals surface area (Å²) in [4.78, 5) is 4.41. The third-order valence-corrected chi connectivity index (χ3v) is 4.57. The van der Waals surface area contributed by atoms with E-state index < -0.39 is 0 Å². The van der Waals surface area contributed by atoms with Crippen molar-refractivity contribution in [3.63, 3.8) is 0 Å². The topological polar surface area (TPSA) is 45.9 Å². The Kier molecular flexibility index (Phi) is 5.36. The van der Waals surface area contributed by atoms with E-state index in [1.165, 1.54) is 0 Å². The molecule has 25 heavy (non-hydrogen) atoms. The number of halogens is 4. The number of hydrogen-bond donors (Lipinski definition) is 0. The van der Waals surface area contributed by atoms with Crippen LogP contribution in [0.1, 0.15) is 5.56 Å². The van der Waals surface area contributed by atoms with Crippen molar-refractivity contribution in [2.45, 2.75) is 0 Å². The highest BCUT2D eigenvalue weighted by Gasteiger charge is 2.12. The minimum absolute atomic E-state index is 0.135. The van der Waals surface area contributed by atoms with Crippen LogP contribution in [0.3, 0.4) is 0 Å². The summed E-state index contributed by atoms with van der Waals surface area (Å²) in [6, 6.07) is 15.3. The average Bonchev–Trinajstić information content (AvgIpc) is 2.59. The molecular weight excluding hydrogens is 402 g/mol. The van der Waals surface area contributed by atoms with Gasteiger partial charge in [-0.1, -0.05) is 52.5 Å². The van der Waals surface area contributed by atoms with E-state index in [2.05, 4.69) is 4.98 Å². The highest BCUT2D eigenvalue weighted by Crippen LogP contribution is 2.34. The molecule has 0 aliphatic carbocycles. The summed E-state index contributed by atoms with van der Waals surface area (Å²) >= 11 is 24.0. The maximum Gasteiger partial charge on any atom is 0.237 e. The van der Waals surface area contributed by atoms with Gasteiger partial charge < -0.3 is 4.74 Å².